The van der Waals surface area contributed by atoms with Gasteiger partial charge in [-0.15, -0.1) is 0 Å². The molecule has 0 aliphatic rings. The number of nitrogens with one attached hydrogen (secondary N) is 1. The SMILES string of the molecule is CC(CO)S(=O)(=O)NCCc1ccncc1. The molecule has 0 aliphatic carbocycles. The molecule has 0 saturated heterocycles. The second kappa shape index (κ2) is 5.93. The van der Waals surface area contributed by atoms with Crippen molar-refractivity contribution in [2.75, 3.05) is 13.2 Å². The summed E-state index contributed by atoms with van der Waals surface area (Å²) in [6.45, 7) is 1.43. The molecule has 1 rings (SSSR count). The zero-order chi connectivity index (χ0) is 12.0. The van der Waals surface area contributed by atoms with Crippen molar-refractivity contribution in [3.05, 3.63) is 30.1 Å². The average Bonchev–Trinajstić information content (AvgIpc) is 2.29. The maximum Gasteiger partial charge on any atom is 0.216 e. The predicted octanol–water partition coefficient (Wildman–Crippen LogP) is -0.0757. The Balaban J connectivity index is 2.42. The number of sulfonamides is 1. The number of aliphatic hydroxyl groups excluding tert-OH is 1. The lowest BCUT2D eigenvalue weighted by molar-refractivity contribution is 0.295. The molecule has 0 spiro atoms. The summed E-state index contributed by atoms with van der Waals surface area (Å²) in [5, 5.41) is 7.99. The van der Waals surface area contributed by atoms with Crippen LogP contribution in [0.25, 0.3) is 0 Å². The Morgan fingerprint density at radius 1 is 1.44 bits per heavy atom. The van der Waals surface area contributed by atoms with E-state index in [1.165, 1.54) is 6.92 Å². The van der Waals surface area contributed by atoms with Crippen LogP contribution in [0.4, 0.5) is 0 Å². The van der Waals surface area contributed by atoms with Crippen LogP contribution in [0.5, 0.6) is 0 Å². The lowest BCUT2D eigenvalue weighted by Crippen LogP contribution is -2.35. The molecule has 0 fully saturated rings. The van der Waals surface area contributed by atoms with E-state index in [1.807, 2.05) is 12.1 Å². The van der Waals surface area contributed by atoms with Gasteiger partial charge in [0.05, 0.1) is 11.9 Å². The summed E-state index contributed by atoms with van der Waals surface area (Å²) in [4.78, 5) is 3.87. The van der Waals surface area contributed by atoms with Crippen LogP contribution >= 0.6 is 0 Å². The van der Waals surface area contributed by atoms with Crippen molar-refractivity contribution in [3.8, 4) is 0 Å². The van der Waals surface area contributed by atoms with Crippen LogP contribution < -0.4 is 4.72 Å². The van der Waals surface area contributed by atoms with E-state index in [0.717, 1.165) is 5.56 Å². The standard InChI is InChI=1S/C10H16N2O3S/c1-9(8-13)16(14,15)12-7-4-10-2-5-11-6-3-10/h2-3,5-6,9,12-13H,4,7-8H2,1H3. The molecule has 1 heterocycles. The fourth-order valence-electron chi connectivity index (χ4n) is 1.13. The Labute approximate surface area is 95.6 Å². The molecule has 1 atom stereocenters. The minimum atomic E-state index is -3.40. The number of hydrogen-bond acceptors (Lipinski definition) is 4. The highest BCUT2D eigenvalue weighted by atomic mass is 32.2. The first-order valence-corrected chi connectivity index (χ1v) is 6.59. The number of aromatic nitrogens is 1. The monoisotopic (exact) mass is 244 g/mol. The van der Waals surface area contributed by atoms with E-state index in [-0.39, 0.29) is 6.61 Å². The van der Waals surface area contributed by atoms with Gasteiger partial charge in [-0.05, 0) is 31.0 Å². The van der Waals surface area contributed by atoms with Crippen molar-refractivity contribution in [1.29, 1.82) is 0 Å². The molecular formula is C10H16N2O3S. The minimum Gasteiger partial charge on any atom is -0.395 e. The molecular weight excluding hydrogens is 228 g/mol. The van der Waals surface area contributed by atoms with Gasteiger partial charge in [-0.1, -0.05) is 0 Å². The molecule has 5 nitrogen and oxygen atoms in total. The van der Waals surface area contributed by atoms with Crippen LogP contribution in [-0.2, 0) is 16.4 Å². The second-order valence-corrected chi connectivity index (χ2v) is 5.72. The number of nitrogens with zero attached hydrogens (tertiary/aromatic N) is 1. The highest BCUT2D eigenvalue weighted by Crippen LogP contribution is 1.99. The molecule has 0 saturated carbocycles. The first kappa shape index (κ1) is 13.1. The highest BCUT2D eigenvalue weighted by molar-refractivity contribution is 7.90. The summed E-state index contributed by atoms with van der Waals surface area (Å²) >= 11 is 0. The van der Waals surface area contributed by atoms with Crippen molar-refractivity contribution >= 4 is 10.0 Å². The van der Waals surface area contributed by atoms with Crippen molar-refractivity contribution in [2.45, 2.75) is 18.6 Å². The first-order valence-electron chi connectivity index (χ1n) is 5.04. The third-order valence-electron chi connectivity index (χ3n) is 2.25. The largest absolute Gasteiger partial charge is 0.395 e. The fraction of sp³-hybridized carbons (Fsp3) is 0.500. The maximum atomic E-state index is 11.5. The van der Waals surface area contributed by atoms with Crippen LogP contribution in [0.2, 0.25) is 0 Å². The summed E-state index contributed by atoms with van der Waals surface area (Å²) in [7, 11) is -3.40. The molecule has 0 radical (unpaired) electrons. The zero-order valence-electron chi connectivity index (χ0n) is 9.13. The summed E-state index contributed by atoms with van der Waals surface area (Å²) in [6.07, 6.45) is 3.94. The van der Waals surface area contributed by atoms with Crippen molar-refractivity contribution < 1.29 is 13.5 Å². The lowest BCUT2D eigenvalue weighted by atomic mass is 10.2. The van der Waals surface area contributed by atoms with E-state index < -0.39 is 15.3 Å². The van der Waals surface area contributed by atoms with E-state index in [4.69, 9.17) is 5.11 Å². The molecule has 90 valence electrons. The maximum absolute atomic E-state index is 11.5. The topological polar surface area (TPSA) is 79.3 Å². The third kappa shape index (κ3) is 3.88. The van der Waals surface area contributed by atoms with Gasteiger partial charge in [-0.3, -0.25) is 4.98 Å². The highest BCUT2D eigenvalue weighted by Gasteiger charge is 2.18. The minimum absolute atomic E-state index is 0.330. The molecule has 1 aromatic rings. The van der Waals surface area contributed by atoms with E-state index in [2.05, 4.69) is 9.71 Å². The smallest absolute Gasteiger partial charge is 0.216 e. The molecule has 6 heteroatoms. The van der Waals surface area contributed by atoms with E-state index in [1.54, 1.807) is 12.4 Å². The van der Waals surface area contributed by atoms with Crippen molar-refractivity contribution in [2.24, 2.45) is 0 Å². The summed E-state index contributed by atoms with van der Waals surface area (Å²) in [6, 6.07) is 3.67. The Kier molecular flexibility index (Phi) is 4.85. The van der Waals surface area contributed by atoms with Crippen LogP contribution in [-0.4, -0.2) is 36.9 Å². The van der Waals surface area contributed by atoms with Crippen LogP contribution in [0.15, 0.2) is 24.5 Å². The van der Waals surface area contributed by atoms with Gasteiger partial charge in [0.15, 0.2) is 0 Å². The third-order valence-corrected chi connectivity index (χ3v) is 4.07. The van der Waals surface area contributed by atoms with E-state index in [9.17, 15) is 8.42 Å². The second-order valence-electron chi connectivity index (χ2n) is 3.54. The molecule has 0 aromatic carbocycles. The van der Waals surface area contributed by atoms with Crippen molar-refractivity contribution in [1.82, 2.24) is 9.71 Å². The molecule has 16 heavy (non-hydrogen) atoms. The van der Waals surface area contributed by atoms with Gasteiger partial charge in [0.2, 0.25) is 10.0 Å². The summed E-state index contributed by atoms with van der Waals surface area (Å²) in [5.41, 5.74) is 1.02. The van der Waals surface area contributed by atoms with Crippen LogP contribution in [0.1, 0.15) is 12.5 Å². The zero-order valence-corrected chi connectivity index (χ0v) is 9.94. The predicted molar refractivity (Wildman–Crippen MR) is 61.4 cm³/mol. The Bertz CT molecular complexity index is 405. The molecule has 1 aromatic heterocycles. The van der Waals surface area contributed by atoms with Gasteiger partial charge in [0.25, 0.3) is 0 Å². The van der Waals surface area contributed by atoms with Gasteiger partial charge in [-0.25, -0.2) is 13.1 Å². The van der Waals surface area contributed by atoms with Gasteiger partial charge in [-0.2, -0.15) is 0 Å². The number of rotatable bonds is 6. The van der Waals surface area contributed by atoms with Crippen LogP contribution in [0.3, 0.4) is 0 Å². The Morgan fingerprint density at radius 2 is 2.06 bits per heavy atom. The molecule has 0 bridgehead atoms. The quantitative estimate of drug-likeness (QED) is 0.734. The number of pyridine rings is 1. The Hall–Kier alpha value is -0.980. The number of aliphatic hydroxyl groups is 1. The molecule has 0 amide bonds. The molecule has 0 aliphatic heterocycles. The number of hydrogen-bond donors (Lipinski definition) is 2. The van der Waals surface area contributed by atoms with Gasteiger partial charge >= 0.3 is 0 Å². The normalized spacial score (nSPS) is 13.6. The lowest BCUT2D eigenvalue weighted by Gasteiger charge is -2.11. The van der Waals surface area contributed by atoms with Gasteiger partial charge in [0, 0.05) is 18.9 Å². The van der Waals surface area contributed by atoms with Gasteiger partial charge < -0.3 is 5.11 Å². The van der Waals surface area contributed by atoms with E-state index in [0.29, 0.717) is 13.0 Å². The van der Waals surface area contributed by atoms with Crippen LogP contribution in [0, 0.1) is 0 Å². The summed E-state index contributed by atoms with van der Waals surface area (Å²) in [5.74, 6) is 0. The molecule has 2 N–H and O–H groups in total. The van der Waals surface area contributed by atoms with Crippen molar-refractivity contribution in [3.63, 3.8) is 0 Å². The molecule has 1 unspecified atom stereocenters. The van der Waals surface area contributed by atoms with E-state index >= 15 is 0 Å². The summed E-state index contributed by atoms with van der Waals surface area (Å²) < 4.78 is 25.4. The Morgan fingerprint density at radius 3 is 2.62 bits per heavy atom. The van der Waals surface area contributed by atoms with Gasteiger partial charge in [0.1, 0.15) is 0 Å². The first-order chi connectivity index (χ1) is 7.56. The average molecular weight is 244 g/mol. The fourth-order valence-corrected chi connectivity index (χ4v) is 1.99.